The maximum absolute atomic E-state index is 12.9. The highest BCUT2D eigenvalue weighted by Gasteiger charge is 2.07. The molecular weight excluding hydrogens is 429 g/mol. The van der Waals surface area contributed by atoms with Crippen LogP contribution >= 0.6 is 23.6 Å². The van der Waals surface area contributed by atoms with E-state index in [1.165, 1.54) is 23.8 Å². The number of benzene rings is 3. The van der Waals surface area contributed by atoms with Gasteiger partial charge in [-0.1, -0.05) is 18.2 Å². The summed E-state index contributed by atoms with van der Waals surface area (Å²) in [5.74, 6) is -0.695. The molecule has 0 aliphatic carbocycles. The number of fused-ring (bicyclic) bond motifs is 1. The largest absolute Gasteiger partial charge is 0.332 e. The maximum atomic E-state index is 12.9. The normalized spacial score (nSPS) is 11.0. The standard InChI is InChI=1S/C24H18FN3OS2/c1-15-2-12-20-21(14-15)31-23(27-20)17-6-10-19(11-7-17)26-24(30)28-22(29)13-5-16-3-8-18(25)9-4-16/h2-14H,1H3,(H2,26,28,29,30)/b13-5+. The summed E-state index contributed by atoms with van der Waals surface area (Å²) in [4.78, 5) is 16.7. The van der Waals surface area contributed by atoms with Gasteiger partial charge in [-0.05, 0) is 84.9 Å². The van der Waals surface area contributed by atoms with Crippen molar-refractivity contribution in [3.05, 3.63) is 89.8 Å². The lowest BCUT2D eigenvalue weighted by molar-refractivity contribution is -0.115. The van der Waals surface area contributed by atoms with E-state index in [1.807, 2.05) is 30.3 Å². The molecule has 2 N–H and O–H groups in total. The fourth-order valence-corrected chi connectivity index (χ4v) is 4.20. The predicted octanol–water partition coefficient (Wildman–Crippen LogP) is 5.94. The van der Waals surface area contributed by atoms with Crippen molar-refractivity contribution in [1.82, 2.24) is 10.3 Å². The monoisotopic (exact) mass is 447 g/mol. The van der Waals surface area contributed by atoms with E-state index in [0.29, 0.717) is 0 Å². The number of amides is 1. The van der Waals surface area contributed by atoms with E-state index < -0.39 is 0 Å². The zero-order valence-corrected chi connectivity index (χ0v) is 18.2. The van der Waals surface area contributed by atoms with E-state index >= 15 is 0 Å². The van der Waals surface area contributed by atoms with Gasteiger partial charge in [-0.25, -0.2) is 9.37 Å². The number of thiocarbonyl (C=S) groups is 1. The Morgan fingerprint density at radius 2 is 1.81 bits per heavy atom. The molecule has 4 nitrogen and oxygen atoms in total. The Morgan fingerprint density at radius 3 is 2.55 bits per heavy atom. The Hall–Kier alpha value is -3.42. The summed E-state index contributed by atoms with van der Waals surface area (Å²) in [5, 5.41) is 6.72. The van der Waals surface area contributed by atoms with Crippen molar-refractivity contribution in [2.75, 3.05) is 5.32 Å². The SMILES string of the molecule is Cc1ccc2nc(-c3ccc(NC(=S)NC(=O)/C=C/c4ccc(F)cc4)cc3)sc2c1. The van der Waals surface area contributed by atoms with Crippen molar-refractivity contribution in [3.8, 4) is 10.6 Å². The minimum Gasteiger partial charge on any atom is -0.332 e. The second-order valence-corrected chi connectivity index (χ2v) is 8.33. The number of carbonyl (C=O) groups is 1. The number of anilines is 1. The van der Waals surface area contributed by atoms with Crippen LogP contribution in [0.3, 0.4) is 0 Å². The molecule has 31 heavy (non-hydrogen) atoms. The van der Waals surface area contributed by atoms with Gasteiger partial charge in [0.1, 0.15) is 10.8 Å². The molecule has 0 aliphatic rings. The average Bonchev–Trinajstić information content (AvgIpc) is 3.17. The summed E-state index contributed by atoms with van der Waals surface area (Å²) >= 11 is 6.86. The van der Waals surface area contributed by atoms with Crippen LogP contribution in [0, 0.1) is 12.7 Å². The van der Waals surface area contributed by atoms with Crippen LogP contribution in [0.4, 0.5) is 10.1 Å². The minimum absolute atomic E-state index is 0.192. The number of hydrogen-bond donors (Lipinski definition) is 2. The zero-order valence-electron chi connectivity index (χ0n) is 16.6. The predicted molar refractivity (Wildman–Crippen MR) is 130 cm³/mol. The van der Waals surface area contributed by atoms with Crippen LogP contribution < -0.4 is 10.6 Å². The molecule has 4 aromatic rings. The highest BCUT2D eigenvalue weighted by molar-refractivity contribution is 7.80. The van der Waals surface area contributed by atoms with E-state index in [1.54, 1.807) is 29.5 Å². The van der Waals surface area contributed by atoms with Crippen LogP contribution in [-0.2, 0) is 4.79 Å². The van der Waals surface area contributed by atoms with Gasteiger partial charge in [0, 0.05) is 17.3 Å². The Bertz CT molecular complexity index is 1280. The summed E-state index contributed by atoms with van der Waals surface area (Å²) in [7, 11) is 0. The van der Waals surface area contributed by atoms with Crippen LogP contribution in [0.5, 0.6) is 0 Å². The van der Waals surface area contributed by atoms with Crippen LogP contribution in [-0.4, -0.2) is 16.0 Å². The topological polar surface area (TPSA) is 54.0 Å². The molecule has 0 fully saturated rings. The lowest BCUT2D eigenvalue weighted by Gasteiger charge is -2.08. The maximum Gasteiger partial charge on any atom is 0.250 e. The van der Waals surface area contributed by atoms with Gasteiger partial charge < -0.3 is 5.32 Å². The molecule has 154 valence electrons. The molecule has 3 aromatic carbocycles. The van der Waals surface area contributed by atoms with Crippen molar-refractivity contribution < 1.29 is 9.18 Å². The Labute approximate surface area is 188 Å². The van der Waals surface area contributed by atoms with Crippen molar-refractivity contribution in [3.63, 3.8) is 0 Å². The molecule has 0 bridgehead atoms. The molecule has 0 spiro atoms. The molecule has 4 rings (SSSR count). The fourth-order valence-electron chi connectivity index (χ4n) is 2.91. The van der Waals surface area contributed by atoms with Gasteiger partial charge in [-0.15, -0.1) is 11.3 Å². The number of aryl methyl sites for hydroxylation is 1. The molecule has 0 saturated carbocycles. The second-order valence-electron chi connectivity index (χ2n) is 6.90. The minimum atomic E-state index is -0.372. The van der Waals surface area contributed by atoms with Gasteiger partial charge in [-0.2, -0.15) is 0 Å². The van der Waals surface area contributed by atoms with Crippen molar-refractivity contribution in [2.45, 2.75) is 6.92 Å². The third kappa shape index (κ3) is 5.39. The van der Waals surface area contributed by atoms with Gasteiger partial charge >= 0.3 is 0 Å². The summed E-state index contributed by atoms with van der Waals surface area (Å²) in [6, 6.07) is 19.8. The van der Waals surface area contributed by atoms with E-state index in [4.69, 9.17) is 17.2 Å². The van der Waals surface area contributed by atoms with Crippen LogP contribution in [0.15, 0.2) is 72.8 Å². The molecular formula is C24H18FN3OS2. The van der Waals surface area contributed by atoms with Gasteiger partial charge in [0.05, 0.1) is 10.2 Å². The van der Waals surface area contributed by atoms with Gasteiger partial charge in [0.2, 0.25) is 5.91 Å². The Balaban J connectivity index is 1.36. The first kappa shape index (κ1) is 20.8. The highest BCUT2D eigenvalue weighted by Crippen LogP contribution is 2.31. The summed E-state index contributed by atoms with van der Waals surface area (Å²) < 4.78 is 14.1. The zero-order chi connectivity index (χ0) is 21.8. The van der Waals surface area contributed by atoms with E-state index in [-0.39, 0.29) is 16.8 Å². The fraction of sp³-hybridized carbons (Fsp3) is 0.0417. The van der Waals surface area contributed by atoms with Crippen molar-refractivity contribution >= 4 is 56.6 Å². The first-order valence-electron chi connectivity index (χ1n) is 9.49. The summed E-state index contributed by atoms with van der Waals surface area (Å²) in [5.41, 5.74) is 4.70. The van der Waals surface area contributed by atoms with E-state index in [0.717, 1.165) is 32.0 Å². The molecule has 0 radical (unpaired) electrons. The van der Waals surface area contributed by atoms with Crippen LogP contribution in [0.25, 0.3) is 26.9 Å². The number of aromatic nitrogens is 1. The number of nitrogens with one attached hydrogen (secondary N) is 2. The molecule has 1 aromatic heterocycles. The van der Waals surface area contributed by atoms with Gasteiger partial charge in [0.25, 0.3) is 0 Å². The third-order valence-electron chi connectivity index (χ3n) is 4.47. The lowest BCUT2D eigenvalue weighted by Crippen LogP contribution is -2.32. The molecule has 1 amide bonds. The number of hydrogen-bond acceptors (Lipinski definition) is 4. The molecule has 1 heterocycles. The van der Waals surface area contributed by atoms with Gasteiger partial charge in [0.15, 0.2) is 5.11 Å². The first-order chi connectivity index (χ1) is 15.0. The Kier molecular flexibility index (Phi) is 6.16. The average molecular weight is 448 g/mol. The summed E-state index contributed by atoms with van der Waals surface area (Å²) in [6.45, 7) is 2.07. The molecule has 0 unspecified atom stereocenters. The van der Waals surface area contributed by atoms with E-state index in [2.05, 4.69) is 29.7 Å². The molecule has 7 heteroatoms. The number of nitrogens with zero attached hydrogens (tertiary/aromatic N) is 1. The Morgan fingerprint density at radius 1 is 1.06 bits per heavy atom. The quantitative estimate of drug-likeness (QED) is 0.300. The number of thiazole rings is 1. The second kappa shape index (κ2) is 9.16. The number of rotatable bonds is 4. The van der Waals surface area contributed by atoms with Crippen LogP contribution in [0.2, 0.25) is 0 Å². The number of halogens is 1. The van der Waals surface area contributed by atoms with Crippen LogP contribution in [0.1, 0.15) is 11.1 Å². The first-order valence-corrected chi connectivity index (χ1v) is 10.7. The van der Waals surface area contributed by atoms with E-state index in [9.17, 15) is 9.18 Å². The smallest absolute Gasteiger partial charge is 0.250 e. The highest BCUT2D eigenvalue weighted by atomic mass is 32.1. The molecule has 0 atom stereocenters. The third-order valence-corrected chi connectivity index (χ3v) is 5.74. The summed E-state index contributed by atoms with van der Waals surface area (Å²) in [6.07, 6.45) is 2.94. The van der Waals surface area contributed by atoms with Gasteiger partial charge in [-0.3, -0.25) is 10.1 Å². The number of carbonyl (C=O) groups excluding carboxylic acids is 1. The molecule has 0 saturated heterocycles. The van der Waals surface area contributed by atoms with Crippen molar-refractivity contribution in [2.24, 2.45) is 0 Å². The molecule has 0 aliphatic heterocycles. The lowest BCUT2D eigenvalue weighted by atomic mass is 10.2. The van der Waals surface area contributed by atoms with Crippen molar-refractivity contribution in [1.29, 1.82) is 0 Å².